The van der Waals surface area contributed by atoms with Gasteiger partial charge in [-0.15, -0.1) is 0 Å². The minimum absolute atomic E-state index is 0.0589. The molecule has 0 radical (unpaired) electrons. The summed E-state index contributed by atoms with van der Waals surface area (Å²) >= 11 is 0. The number of rotatable bonds is 4. The zero-order valence-electron chi connectivity index (χ0n) is 11.1. The number of nitrogens with zero attached hydrogens (tertiary/aromatic N) is 2. The second-order valence-corrected chi connectivity index (χ2v) is 4.63. The normalized spacial score (nSPS) is 10.6. The lowest BCUT2D eigenvalue weighted by Crippen LogP contribution is -2.03. The van der Waals surface area contributed by atoms with Gasteiger partial charge in [0.1, 0.15) is 5.82 Å². The van der Waals surface area contributed by atoms with E-state index in [0.29, 0.717) is 17.9 Å². The van der Waals surface area contributed by atoms with E-state index >= 15 is 0 Å². The predicted octanol–water partition coefficient (Wildman–Crippen LogP) is 2.09. The topological polar surface area (TPSA) is 81.1 Å². The quantitative estimate of drug-likeness (QED) is 0.880. The molecule has 1 aromatic carbocycles. The lowest BCUT2D eigenvalue weighted by atomic mass is 10.1. The standard InChI is InChI=1S/C14H17N3O2/c1-9-3-5-12(7-10(9)2)17-13(15)8-11(16-17)4-6-14(18)19/h3,5,7-8H,4,6,15H2,1-2H3,(H,18,19). The molecule has 0 spiro atoms. The van der Waals surface area contributed by atoms with Crippen LogP contribution in [0.15, 0.2) is 24.3 Å². The fourth-order valence-electron chi connectivity index (χ4n) is 1.87. The van der Waals surface area contributed by atoms with E-state index in [1.54, 1.807) is 10.7 Å². The van der Waals surface area contributed by atoms with Crippen molar-refractivity contribution < 1.29 is 9.90 Å². The first-order chi connectivity index (χ1) is 8.97. The number of carboxylic acids is 1. The number of hydrogen-bond acceptors (Lipinski definition) is 3. The van der Waals surface area contributed by atoms with E-state index in [0.717, 1.165) is 5.69 Å². The van der Waals surface area contributed by atoms with Crippen LogP contribution in [0.3, 0.4) is 0 Å². The molecule has 0 amide bonds. The molecule has 3 N–H and O–H groups in total. The molecule has 0 fully saturated rings. The molecule has 0 bridgehead atoms. The summed E-state index contributed by atoms with van der Waals surface area (Å²) in [6.07, 6.45) is 0.445. The zero-order valence-corrected chi connectivity index (χ0v) is 11.1. The highest BCUT2D eigenvalue weighted by atomic mass is 16.4. The average molecular weight is 259 g/mol. The molecule has 0 aliphatic carbocycles. The van der Waals surface area contributed by atoms with Crippen molar-refractivity contribution in [2.75, 3.05) is 5.73 Å². The van der Waals surface area contributed by atoms with Crippen molar-refractivity contribution >= 4 is 11.8 Å². The number of anilines is 1. The molecule has 0 aliphatic heterocycles. The minimum atomic E-state index is -0.834. The van der Waals surface area contributed by atoms with Crippen molar-refractivity contribution in [3.05, 3.63) is 41.1 Å². The molecule has 2 rings (SSSR count). The summed E-state index contributed by atoms with van der Waals surface area (Å²) in [5, 5.41) is 13.0. The molecule has 0 saturated carbocycles. The third-order valence-corrected chi connectivity index (χ3v) is 3.12. The summed E-state index contributed by atoms with van der Waals surface area (Å²) < 4.78 is 1.64. The van der Waals surface area contributed by atoms with Crippen LogP contribution in [0.25, 0.3) is 5.69 Å². The fourth-order valence-corrected chi connectivity index (χ4v) is 1.87. The largest absolute Gasteiger partial charge is 0.481 e. The third kappa shape index (κ3) is 2.93. The first kappa shape index (κ1) is 13.1. The fraction of sp³-hybridized carbons (Fsp3) is 0.286. The lowest BCUT2D eigenvalue weighted by molar-refractivity contribution is -0.136. The average Bonchev–Trinajstić information content (AvgIpc) is 2.72. The Labute approximate surface area is 111 Å². The van der Waals surface area contributed by atoms with Crippen molar-refractivity contribution in [2.24, 2.45) is 0 Å². The van der Waals surface area contributed by atoms with Crippen LogP contribution < -0.4 is 5.73 Å². The third-order valence-electron chi connectivity index (χ3n) is 3.12. The molecule has 0 aliphatic rings. The van der Waals surface area contributed by atoms with Crippen LogP contribution in [0.5, 0.6) is 0 Å². The summed E-state index contributed by atoms with van der Waals surface area (Å²) in [5.41, 5.74) is 9.88. The minimum Gasteiger partial charge on any atom is -0.481 e. The van der Waals surface area contributed by atoms with Crippen LogP contribution in [-0.4, -0.2) is 20.9 Å². The molecular weight excluding hydrogens is 242 g/mol. The maximum absolute atomic E-state index is 10.6. The van der Waals surface area contributed by atoms with Gasteiger partial charge in [-0.25, -0.2) is 4.68 Å². The van der Waals surface area contributed by atoms with Gasteiger partial charge in [-0.2, -0.15) is 5.10 Å². The molecule has 19 heavy (non-hydrogen) atoms. The van der Waals surface area contributed by atoms with Crippen LogP contribution >= 0.6 is 0 Å². The highest BCUT2D eigenvalue weighted by molar-refractivity contribution is 5.67. The van der Waals surface area contributed by atoms with E-state index < -0.39 is 5.97 Å². The van der Waals surface area contributed by atoms with E-state index in [9.17, 15) is 4.79 Å². The summed E-state index contributed by atoms with van der Waals surface area (Å²) in [5.74, 6) is -0.317. The van der Waals surface area contributed by atoms with Gasteiger partial charge in [0, 0.05) is 12.5 Å². The number of hydrogen-bond donors (Lipinski definition) is 2. The lowest BCUT2D eigenvalue weighted by Gasteiger charge is -2.06. The Bertz CT molecular complexity index is 617. The molecule has 1 heterocycles. The maximum Gasteiger partial charge on any atom is 0.303 e. The second kappa shape index (κ2) is 5.14. The van der Waals surface area contributed by atoms with E-state index in [1.807, 2.05) is 32.0 Å². The summed E-state index contributed by atoms with van der Waals surface area (Å²) in [7, 11) is 0. The Morgan fingerprint density at radius 1 is 1.32 bits per heavy atom. The number of carbonyl (C=O) groups is 1. The number of carboxylic acid groups (broad SMARTS) is 1. The molecule has 1 aromatic heterocycles. The first-order valence-electron chi connectivity index (χ1n) is 6.11. The van der Waals surface area contributed by atoms with Crippen LogP contribution in [0, 0.1) is 13.8 Å². The highest BCUT2D eigenvalue weighted by Crippen LogP contribution is 2.18. The molecular formula is C14H17N3O2. The molecule has 5 heteroatoms. The Hall–Kier alpha value is -2.30. The monoisotopic (exact) mass is 259 g/mol. The number of nitrogen functional groups attached to an aromatic ring is 1. The van der Waals surface area contributed by atoms with Crippen LogP contribution in [0.2, 0.25) is 0 Å². The van der Waals surface area contributed by atoms with Crippen LogP contribution in [0.1, 0.15) is 23.2 Å². The van der Waals surface area contributed by atoms with Gasteiger partial charge in [0.05, 0.1) is 17.8 Å². The second-order valence-electron chi connectivity index (χ2n) is 4.63. The summed E-state index contributed by atoms with van der Waals surface area (Å²) in [6.45, 7) is 4.08. The van der Waals surface area contributed by atoms with Crippen LogP contribution in [-0.2, 0) is 11.2 Å². The number of aliphatic carboxylic acids is 1. The highest BCUT2D eigenvalue weighted by Gasteiger charge is 2.09. The van der Waals surface area contributed by atoms with E-state index in [2.05, 4.69) is 5.10 Å². The van der Waals surface area contributed by atoms with Gasteiger partial charge in [0.2, 0.25) is 0 Å². The van der Waals surface area contributed by atoms with Gasteiger partial charge in [-0.3, -0.25) is 4.79 Å². The Kier molecular flexibility index (Phi) is 3.55. The smallest absolute Gasteiger partial charge is 0.303 e. The maximum atomic E-state index is 10.6. The van der Waals surface area contributed by atoms with Crippen molar-refractivity contribution in [3.63, 3.8) is 0 Å². The van der Waals surface area contributed by atoms with Crippen molar-refractivity contribution in [1.82, 2.24) is 9.78 Å². The molecule has 5 nitrogen and oxygen atoms in total. The summed E-state index contributed by atoms with van der Waals surface area (Å²) in [4.78, 5) is 10.6. The van der Waals surface area contributed by atoms with Gasteiger partial charge >= 0.3 is 5.97 Å². The zero-order chi connectivity index (χ0) is 14.0. The molecule has 0 atom stereocenters. The van der Waals surface area contributed by atoms with Gasteiger partial charge in [-0.05, 0) is 37.1 Å². The summed E-state index contributed by atoms with van der Waals surface area (Å²) in [6, 6.07) is 7.70. The number of aryl methyl sites for hydroxylation is 3. The number of aromatic nitrogens is 2. The Balaban J connectivity index is 2.29. The van der Waals surface area contributed by atoms with E-state index in [-0.39, 0.29) is 6.42 Å². The van der Waals surface area contributed by atoms with Crippen molar-refractivity contribution in [1.29, 1.82) is 0 Å². The molecule has 100 valence electrons. The van der Waals surface area contributed by atoms with Gasteiger partial charge in [0.25, 0.3) is 0 Å². The Morgan fingerprint density at radius 2 is 2.05 bits per heavy atom. The molecule has 0 unspecified atom stereocenters. The number of benzene rings is 1. The number of nitrogens with two attached hydrogens (primary N) is 1. The van der Waals surface area contributed by atoms with Gasteiger partial charge in [0.15, 0.2) is 0 Å². The van der Waals surface area contributed by atoms with Crippen molar-refractivity contribution in [3.8, 4) is 5.69 Å². The Morgan fingerprint density at radius 3 is 2.68 bits per heavy atom. The SMILES string of the molecule is Cc1ccc(-n2nc(CCC(=O)O)cc2N)cc1C. The molecule has 2 aromatic rings. The molecule has 0 saturated heterocycles. The van der Waals surface area contributed by atoms with Crippen LogP contribution in [0.4, 0.5) is 5.82 Å². The first-order valence-corrected chi connectivity index (χ1v) is 6.11. The predicted molar refractivity (Wildman–Crippen MR) is 73.4 cm³/mol. The van der Waals surface area contributed by atoms with E-state index in [1.165, 1.54) is 11.1 Å². The van der Waals surface area contributed by atoms with Crippen molar-refractivity contribution in [2.45, 2.75) is 26.7 Å². The van der Waals surface area contributed by atoms with Gasteiger partial charge < -0.3 is 10.8 Å². The van der Waals surface area contributed by atoms with E-state index in [4.69, 9.17) is 10.8 Å². The van der Waals surface area contributed by atoms with Gasteiger partial charge in [-0.1, -0.05) is 6.07 Å².